The second-order valence-electron chi connectivity index (χ2n) is 6.29. The Labute approximate surface area is 121 Å². The highest BCUT2D eigenvalue weighted by Crippen LogP contribution is 2.16. The molecule has 2 heterocycles. The minimum Gasteiger partial charge on any atom is -0.472 e. The van der Waals surface area contributed by atoms with Gasteiger partial charge in [-0.25, -0.2) is 4.98 Å². The smallest absolute Gasteiger partial charge is 0.232 e. The largest absolute Gasteiger partial charge is 0.472 e. The summed E-state index contributed by atoms with van der Waals surface area (Å²) in [5.41, 5.74) is 0.845. The topological polar surface area (TPSA) is 47.5 Å². The number of hydrogen-bond acceptors (Lipinski definition) is 5. The zero-order valence-corrected chi connectivity index (χ0v) is 12.9. The van der Waals surface area contributed by atoms with Crippen molar-refractivity contribution in [1.82, 2.24) is 14.9 Å². The van der Waals surface area contributed by atoms with E-state index in [9.17, 15) is 0 Å². The second kappa shape index (κ2) is 6.50. The zero-order valence-electron chi connectivity index (χ0n) is 12.9. The lowest BCUT2D eigenvalue weighted by Crippen LogP contribution is -2.31. The predicted molar refractivity (Wildman–Crippen MR) is 77.9 cm³/mol. The molecule has 0 aliphatic carbocycles. The molecule has 1 saturated heterocycles. The van der Waals surface area contributed by atoms with Gasteiger partial charge in [0.25, 0.3) is 0 Å². The molecule has 5 heteroatoms. The lowest BCUT2D eigenvalue weighted by atomic mass is 10.2. The van der Waals surface area contributed by atoms with Crippen LogP contribution in [0.15, 0.2) is 12.4 Å². The summed E-state index contributed by atoms with van der Waals surface area (Å²) in [5, 5.41) is 0. The Kier molecular flexibility index (Phi) is 4.94. The summed E-state index contributed by atoms with van der Waals surface area (Å²) in [5.74, 6) is 0.619. The molecule has 1 fully saturated rings. The van der Waals surface area contributed by atoms with Gasteiger partial charge in [-0.3, -0.25) is 9.88 Å². The Morgan fingerprint density at radius 2 is 2.10 bits per heavy atom. The van der Waals surface area contributed by atoms with E-state index >= 15 is 0 Å². The molecule has 0 amide bonds. The van der Waals surface area contributed by atoms with Crippen LogP contribution in [0.5, 0.6) is 5.88 Å². The molecule has 0 spiro atoms. The van der Waals surface area contributed by atoms with Crippen molar-refractivity contribution in [2.45, 2.75) is 45.8 Å². The minimum absolute atomic E-state index is 0.0624. The number of ether oxygens (including phenoxy) is 2. The molecule has 0 N–H and O–H groups in total. The van der Waals surface area contributed by atoms with Crippen molar-refractivity contribution in [3.05, 3.63) is 18.1 Å². The average molecular weight is 279 g/mol. The predicted octanol–water partition coefficient (Wildman–Crippen LogP) is 2.05. The van der Waals surface area contributed by atoms with E-state index in [4.69, 9.17) is 9.47 Å². The third-order valence-electron chi connectivity index (χ3n) is 3.22. The number of aryl methyl sites for hydroxylation is 1. The van der Waals surface area contributed by atoms with Crippen molar-refractivity contribution in [1.29, 1.82) is 0 Å². The maximum Gasteiger partial charge on any atom is 0.232 e. The fourth-order valence-corrected chi connectivity index (χ4v) is 2.19. The van der Waals surface area contributed by atoms with Crippen LogP contribution in [0.2, 0.25) is 0 Å². The van der Waals surface area contributed by atoms with E-state index in [1.165, 1.54) is 0 Å². The Morgan fingerprint density at radius 1 is 1.30 bits per heavy atom. The van der Waals surface area contributed by atoms with Crippen molar-refractivity contribution in [3.8, 4) is 5.88 Å². The van der Waals surface area contributed by atoms with Crippen LogP contribution in [0.1, 0.15) is 32.9 Å². The Bertz CT molecular complexity index is 414. The van der Waals surface area contributed by atoms with Gasteiger partial charge in [0.15, 0.2) is 0 Å². The minimum atomic E-state index is -0.0624. The van der Waals surface area contributed by atoms with E-state index in [1.54, 1.807) is 12.4 Å². The molecular weight excluding hydrogens is 254 g/mol. The van der Waals surface area contributed by atoms with Crippen LogP contribution in [0, 0.1) is 6.92 Å². The molecule has 0 unspecified atom stereocenters. The van der Waals surface area contributed by atoms with Gasteiger partial charge >= 0.3 is 0 Å². The Hall–Kier alpha value is -1.20. The van der Waals surface area contributed by atoms with E-state index in [2.05, 4.69) is 35.6 Å². The molecule has 0 radical (unpaired) electrons. The second-order valence-corrected chi connectivity index (χ2v) is 6.29. The van der Waals surface area contributed by atoms with Gasteiger partial charge in [0.05, 0.1) is 30.3 Å². The van der Waals surface area contributed by atoms with Crippen LogP contribution in [-0.4, -0.2) is 52.8 Å². The number of rotatable bonds is 5. The lowest BCUT2D eigenvalue weighted by Gasteiger charge is -2.22. The van der Waals surface area contributed by atoms with Gasteiger partial charge in [0.2, 0.25) is 5.88 Å². The van der Waals surface area contributed by atoms with Crippen molar-refractivity contribution < 1.29 is 9.47 Å². The van der Waals surface area contributed by atoms with Crippen molar-refractivity contribution >= 4 is 0 Å². The normalized spacial score (nSPS) is 20.3. The van der Waals surface area contributed by atoms with Gasteiger partial charge in [0.1, 0.15) is 6.10 Å². The van der Waals surface area contributed by atoms with E-state index in [0.29, 0.717) is 5.88 Å². The van der Waals surface area contributed by atoms with Gasteiger partial charge in [-0.1, -0.05) is 0 Å². The summed E-state index contributed by atoms with van der Waals surface area (Å²) in [4.78, 5) is 10.8. The summed E-state index contributed by atoms with van der Waals surface area (Å²) < 4.78 is 11.6. The van der Waals surface area contributed by atoms with Gasteiger partial charge in [0, 0.05) is 19.6 Å². The lowest BCUT2D eigenvalue weighted by molar-refractivity contribution is -0.0116. The fraction of sp³-hybridized carbons (Fsp3) is 0.733. The third-order valence-corrected chi connectivity index (χ3v) is 3.22. The molecule has 0 bridgehead atoms. The maximum absolute atomic E-state index is 5.85. The molecule has 1 aliphatic rings. The van der Waals surface area contributed by atoms with Crippen LogP contribution < -0.4 is 4.74 Å². The first-order valence-electron chi connectivity index (χ1n) is 7.24. The molecule has 112 valence electrons. The van der Waals surface area contributed by atoms with Gasteiger partial charge in [-0.15, -0.1) is 0 Å². The average Bonchev–Trinajstić information content (AvgIpc) is 2.78. The van der Waals surface area contributed by atoms with Gasteiger partial charge < -0.3 is 9.47 Å². The molecule has 1 aromatic rings. The monoisotopic (exact) mass is 279 g/mol. The quantitative estimate of drug-likeness (QED) is 0.825. The first kappa shape index (κ1) is 15.2. The standard InChI is InChI=1S/C15H25N3O2/c1-12-9-17-14(10-16-12)20-13-5-6-18(11-13)7-8-19-15(2,3)4/h9-10,13H,5-8,11H2,1-4H3/t13-/m0/s1. The first-order valence-corrected chi connectivity index (χ1v) is 7.24. The van der Waals surface area contributed by atoms with E-state index in [-0.39, 0.29) is 11.7 Å². The number of nitrogens with zero attached hydrogens (tertiary/aromatic N) is 3. The number of aromatic nitrogens is 2. The summed E-state index contributed by atoms with van der Waals surface area (Å²) in [6.07, 6.45) is 4.67. The van der Waals surface area contributed by atoms with Crippen molar-refractivity contribution in [2.24, 2.45) is 0 Å². The molecular formula is C15H25N3O2. The molecule has 2 rings (SSSR count). The zero-order chi connectivity index (χ0) is 14.6. The highest BCUT2D eigenvalue weighted by molar-refractivity contribution is 5.06. The van der Waals surface area contributed by atoms with E-state index in [1.807, 2.05) is 6.92 Å². The van der Waals surface area contributed by atoms with Crippen LogP contribution in [0.3, 0.4) is 0 Å². The molecule has 0 saturated carbocycles. The van der Waals surface area contributed by atoms with Crippen molar-refractivity contribution in [3.63, 3.8) is 0 Å². The molecule has 1 aromatic heterocycles. The number of hydrogen-bond donors (Lipinski definition) is 0. The SMILES string of the molecule is Cc1cnc(O[C@H]2CCN(CCOC(C)(C)C)C2)cn1. The Morgan fingerprint density at radius 3 is 2.75 bits per heavy atom. The Balaban J connectivity index is 1.71. The van der Waals surface area contributed by atoms with Crippen LogP contribution in [-0.2, 0) is 4.74 Å². The summed E-state index contributed by atoms with van der Waals surface area (Å²) in [7, 11) is 0. The highest BCUT2D eigenvalue weighted by Gasteiger charge is 2.24. The molecule has 0 aromatic carbocycles. The van der Waals surface area contributed by atoms with Crippen LogP contribution in [0.25, 0.3) is 0 Å². The van der Waals surface area contributed by atoms with E-state index < -0.39 is 0 Å². The highest BCUT2D eigenvalue weighted by atomic mass is 16.5. The summed E-state index contributed by atoms with van der Waals surface area (Å²) in [6.45, 7) is 11.9. The fourth-order valence-electron chi connectivity index (χ4n) is 2.19. The van der Waals surface area contributed by atoms with Crippen LogP contribution >= 0.6 is 0 Å². The van der Waals surface area contributed by atoms with Gasteiger partial charge in [-0.2, -0.15) is 0 Å². The van der Waals surface area contributed by atoms with E-state index in [0.717, 1.165) is 38.4 Å². The summed E-state index contributed by atoms with van der Waals surface area (Å²) in [6, 6.07) is 0. The first-order chi connectivity index (χ1) is 9.42. The van der Waals surface area contributed by atoms with Gasteiger partial charge in [-0.05, 0) is 34.1 Å². The van der Waals surface area contributed by atoms with Crippen LogP contribution in [0.4, 0.5) is 0 Å². The molecule has 5 nitrogen and oxygen atoms in total. The molecule has 20 heavy (non-hydrogen) atoms. The summed E-state index contributed by atoms with van der Waals surface area (Å²) >= 11 is 0. The number of likely N-dealkylation sites (tertiary alicyclic amines) is 1. The third kappa shape index (κ3) is 5.06. The maximum atomic E-state index is 5.85. The molecule has 1 aliphatic heterocycles. The molecule has 1 atom stereocenters. The van der Waals surface area contributed by atoms with Crippen molar-refractivity contribution in [2.75, 3.05) is 26.2 Å².